The molecule has 13 heavy (non-hydrogen) atoms. The lowest BCUT2D eigenvalue weighted by atomic mass is 10.2. The molecule has 0 radical (unpaired) electrons. The molecule has 1 aliphatic rings. The topological polar surface area (TPSA) is 67.8 Å². The van der Waals surface area contributed by atoms with Crippen molar-refractivity contribution in [3.63, 3.8) is 0 Å². The molecule has 0 bridgehead atoms. The number of hydrogen-bond donors (Lipinski definition) is 2. The fourth-order valence-electron chi connectivity index (χ4n) is 1.16. The first-order chi connectivity index (χ1) is 6.09. The van der Waals surface area contributed by atoms with Crippen LogP contribution in [0.5, 0.6) is 0 Å². The molecule has 0 spiro atoms. The van der Waals surface area contributed by atoms with Gasteiger partial charge in [0.15, 0.2) is 6.29 Å². The maximum Gasteiger partial charge on any atom is 0.405 e. The number of rotatable bonds is 2. The maximum atomic E-state index is 10.3. The van der Waals surface area contributed by atoms with Crippen molar-refractivity contribution in [3.8, 4) is 0 Å². The van der Waals surface area contributed by atoms with E-state index in [9.17, 15) is 4.79 Å². The van der Waals surface area contributed by atoms with Crippen molar-refractivity contribution >= 4 is 6.09 Å². The second-order valence-electron chi connectivity index (χ2n) is 3.43. The van der Waals surface area contributed by atoms with Gasteiger partial charge in [0.1, 0.15) is 0 Å². The highest BCUT2D eigenvalue weighted by Crippen LogP contribution is 2.13. The summed E-state index contributed by atoms with van der Waals surface area (Å²) in [4.78, 5) is 10.3. The van der Waals surface area contributed by atoms with E-state index >= 15 is 0 Å². The van der Waals surface area contributed by atoms with E-state index in [0.717, 1.165) is 0 Å². The number of ether oxygens (including phenoxy) is 2. The number of carbonyl (C=O) groups is 1. The molecule has 0 aromatic carbocycles. The average molecular weight is 189 g/mol. The molecule has 0 atom stereocenters. The lowest BCUT2D eigenvalue weighted by Gasteiger charge is -2.31. The zero-order chi connectivity index (χ0) is 9.84. The molecule has 5 heteroatoms. The van der Waals surface area contributed by atoms with Crippen LogP contribution in [0, 0.1) is 5.92 Å². The first kappa shape index (κ1) is 10.3. The quantitative estimate of drug-likeness (QED) is 0.669. The number of nitrogens with one attached hydrogen (secondary N) is 1. The summed E-state index contributed by atoms with van der Waals surface area (Å²) in [6.45, 7) is 4.76. The number of hydrogen-bond acceptors (Lipinski definition) is 3. The predicted octanol–water partition coefficient (Wildman–Crippen LogP) is 0.652. The summed E-state index contributed by atoms with van der Waals surface area (Å²) in [5, 5.41) is 10.7. The van der Waals surface area contributed by atoms with Crippen molar-refractivity contribution in [2.75, 3.05) is 13.2 Å². The minimum absolute atomic E-state index is 0.202. The van der Waals surface area contributed by atoms with Crippen molar-refractivity contribution < 1.29 is 19.4 Å². The smallest absolute Gasteiger partial charge is 0.405 e. The van der Waals surface area contributed by atoms with Crippen LogP contribution in [-0.4, -0.2) is 36.7 Å². The number of amides is 1. The third-order valence-corrected chi connectivity index (χ3v) is 1.80. The normalized spacial score (nSPS) is 28.8. The Morgan fingerprint density at radius 2 is 2.00 bits per heavy atom. The summed E-state index contributed by atoms with van der Waals surface area (Å²) in [5.74, 6) is 0.297. The van der Waals surface area contributed by atoms with E-state index in [1.165, 1.54) is 0 Å². The summed E-state index contributed by atoms with van der Waals surface area (Å²) in [6.07, 6.45) is -1.24. The first-order valence-corrected chi connectivity index (χ1v) is 4.32. The molecular weight excluding hydrogens is 174 g/mol. The van der Waals surface area contributed by atoms with E-state index in [1.54, 1.807) is 0 Å². The van der Waals surface area contributed by atoms with Gasteiger partial charge in [-0.25, -0.2) is 4.79 Å². The van der Waals surface area contributed by atoms with Crippen LogP contribution < -0.4 is 5.32 Å². The van der Waals surface area contributed by atoms with Crippen molar-refractivity contribution in [3.05, 3.63) is 0 Å². The molecule has 5 nitrogen and oxygen atoms in total. The van der Waals surface area contributed by atoms with E-state index < -0.39 is 6.09 Å². The Bertz CT molecular complexity index is 175. The Balaban J connectivity index is 2.26. The number of carboxylic acid groups (broad SMARTS) is 1. The van der Waals surface area contributed by atoms with Crippen LogP contribution in [0.1, 0.15) is 13.8 Å². The SMILES string of the molecule is CC(C)C1OCC(NC(=O)O)CO1. The summed E-state index contributed by atoms with van der Waals surface area (Å²) >= 11 is 0. The minimum Gasteiger partial charge on any atom is -0.465 e. The van der Waals surface area contributed by atoms with E-state index in [1.807, 2.05) is 13.8 Å². The standard InChI is InChI=1S/C8H15NO4/c1-5(2)7-12-3-6(4-13-7)9-8(10)11/h5-7,9H,3-4H2,1-2H3,(H,10,11). The van der Waals surface area contributed by atoms with Gasteiger partial charge in [0.25, 0.3) is 0 Å². The lowest BCUT2D eigenvalue weighted by Crippen LogP contribution is -2.47. The molecule has 0 aromatic heterocycles. The van der Waals surface area contributed by atoms with Gasteiger partial charge in [-0.1, -0.05) is 13.8 Å². The van der Waals surface area contributed by atoms with E-state index in [2.05, 4.69) is 5.32 Å². The Kier molecular flexibility index (Phi) is 3.50. The first-order valence-electron chi connectivity index (χ1n) is 4.32. The molecule has 0 aromatic rings. The average Bonchev–Trinajstić information content (AvgIpc) is 2.04. The molecule has 0 saturated carbocycles. The van der Waals surface area contributed by atoms with Gasteiger partial charge in [-0.2, -0.15) is 0 Å². The van der Waals surface area contributed by atoms with Crippen LogP contribution in [-0.2, 0) is 9.47 Å². The Labute approximate surface area is 77.0 Å². The van der Waals surface area contributed by atoms with Crippen molar-refractivity contribution in [2.45, 2.75) is 26.2 Å². The van der Waals surface area contributed by atoms with Gasteiger partial charge in [-0.05, 0) is 0 Å². The fourth-order valence-corrected chi connectivity index (χ4v) is 1.16. The zero-order valence-corrected chi connectivity index (χ0v) is 7.82. The third kappa shape index (κ3) is 3.20. The molecule has 1 saturated heterocycles. The Morgan fingerprint density at radius 1 is 1.46 bits per heavy atom. The van der Waals surface area contributed by atoms with Crippen molar-refractivity contribution in [1.29, 1.82) is 0 Å². The van der Waals surface area contributed by atoms with Crippen molar-refractivity contribution in [2.24, 2.45) is 5.92 Å². The molecule has 1 rings (SSSR count). The highest BCUT2D eigenvalue weighted by Gasteiger charge is 2.25. The lowest BCUT2D eigenvalue weighted by molar-refractivity contribution is -0.208. The molecule has 76 valence electrons. The second-order valence-corrected chi connectivity index (χ2v) is 3.43. The van der Waals surface area contributed by atoms with Gasteiger partial charge in [-0.3, -0.25) is 0 Å². The summed E-state index contributed by atoms with van der Waals surface area (Å²) in [7, 11) is 0. The molecule has 0 unspecified atom stereocenters. The molecular formula is C8H15NO4. The highest BCUT2D eigenvalue weighted by molar-refractivity contribution is 5.64. The second kappa shape index (κ2) is 4.43. The van der Waals surface area contributed by atoms with Crippen LogP contribution >= 0.6 is 0 Å². The van der Waals surface area contributed by atoms with Gasteiger partial charge in [0, 0.05) is 5.92 Å². The molecule has 1 aliphatic heterocycles. The van der Waals surface area contributed by atoms with Crippen LogP contribution in [0.25, 0.3) is 0 Å². The maximum absolute atomic E-state index is 10.3. The molecule has 1 heterocycles. The summed E-state index contributed by atoms with van der Waals surface area (Å²) < 4.78 is 10.6. The predicted molar refractivity (Wildman–Crippen MR) is 45.5 cm³/mol. The third-order valence-electron chi connectivity index (χ3n) is 1.80. The summed E-state index contributed by atoms with van der Waals surface area (Å²) in [5.41, 5.74) is 0. The van der Waals surface area contributed by atoms with E-state index in [-0.39, 0.29) is 12.3 Å². The van der Waals surface area contributed by atoms with Gasteiger partial charge in [0.2, 0.25) is 0 Å². The monoisotopic (exact) mass is 189 g/mol. The van der Waals surface area contributed by atoms with Crippen LogP contribution in [0.4, 0.5) is 4.79 Å². The van der Waals surface area contributed by atoms with Gasteiger partial charge in [-0.15, -0.1) is 0 Å². The zero-order valence-electron chi connectivity index (χ0n) is 7.82. The van der Waals surface area contributed by atoms with Crippen LogP contribution in [0.15, 0.2) is 0 Å². The van der Waals surface area contributed by atoms with Gasteiger partial charge >= 0.3 is 6.09 Å². The van der Waals surface area contributed by atoms with Gasteiger partial charge in [0.05, 0.1) is 19.3 Å². The van der Waals surface area contributed by atoms with E-state index in [0.29, 0.717) is 19.1 Å². The molecule has 1 amide bonds. The van der Waals surface area contributed by atoms with Crippen molar-refractivity contribution in [1.82, 2.24) is 5.32 Å². The van der Waals surface area contributed by atoms with E-state index in [4.69, 9.17) is 14.6 Å². The Hall–Kier alpha value is -0.810. The van der Waals surface area contributed by atoms with Crippen LogP contribution in [0.3, 0.4) is 0 Å². The fraction of sp³-hybridized carbons (Fsp3) is 0.875. The minimum atomic E-state index is -1.04. The van der Waals surface area contributed by atoms with Crippen LogP contribution in [0.2, 0.25) is 0 Å². The Morgan fingerprint density at radius 3 is 2.38 bits per heavy atom. The molecule has 2 N–H and O–H groups in total. The molecule has 1 fully saturated rings. The summed E-state index contributed by atoms with van der Waals surface area (Å²) in [6, 6.07) is -0.243. The van der Waals surface area contributed by atoms with Gasteiger partial charge < -0.3 is 19.9 Å². The highest BCUT2D eigenvalue weighted by atomic mass is 16.7. The molecule has 0 aliphatic carbocycles. The largest absolute Gasteiger partial charge is 0.465 e.